The van der Waals surface area contributed by atoms with Gasteiger partial charge in [0.05, 0.1) is 12.6 Å². The standard InChI is InChI=1S/C14H27N3O2/c1-17(2)14(19)11-16-13(18)10-15-12-8-6-4-3-5-7-9-12/h12,15H,3-11H2,1-2H3,(H,16,18)/p+1. The predicted molar refractivity (Wildman–Crippen MR) is 74.6 cm³/mol. The van der Waals surface area contributed by atoms with Crippen LogP contribution in [0, 0.1) is 0 Å². The minimum Gasteiger partial charge on any atom is -0.347 e. The fourth-order valence-electron chi connectivity index (χ4n) is 2.40. The number of hydrogen-bond acceptors (Lipinski definition) is 2. The number of carbonyl (C=O) groups excluding carboxylic acids is 2. The van der Waals surface area contributed by atoms with Crippen LogP contribution in [0.25, 0.3) is 0 Å². The lowest BCUT2D eigenvalue weighted by Gasteiger charge is -2.18. The molecule has 0 aliphatic heterocycles. The molecule has 0 spiro atoms. The number of rotatable bonds is 5. The molecule has 0 heterocycles. The van der Waals surface area contributed by atoms with Crippen molar-refractivity contribution in [2.45, 2.75) is 51.0 Å². The summed E-state index contributed by atoms with van der Waals surface area (Å²) in [5.41, 5.74) is 0. The molecule has 3 N–H and O–H groups in total. The zero-order valence-corrected chi connectivity index (χ0v) is 12.3. The van der Waals surface area contributed by atoms with Gasteiger partial charge >= 0.3 is 0 Å². The highest BCUT2D eigenvalue weighted by atomic mass is 16.2. The molecule has 110 valence electrons. The molecule has 5 heteroatoms. The summed E-state index contributed by atoms with van der Waals surface area (Å²) in [6.07, 6.45) is 9.00. The van der Waals surface area contributed by atoms with E-state index in [1.165, 1.54) is 49.8 Å². The Bertz CT molecular complexity index is 284. The highest BCUT2D eigenvalue weighted by Gasteiger charge is 2.16. The topological polar surface area (TPSA) is 66.0 Å². The Morgan fingerprint density at radius 2 is 1.68 bits per heavy atom. The number of hydrogen-bond donors (Lipinski definition) is 2. The van der Waals surface area contributed by atoms with Crippen LogP contribution in [0.3, 0.4) is 0 Å². The smallest absolute Gasteiger partial charge is 0.275 e. The molecular formula is C14H28N3O2+. The van der Waals surface area contributed by atoms with E-state index < -0.39 is 0 Å². The Kier molecular flexibility index (Phi) is 7.48. The van der Waals surface area contributed by atoms with Gasteiger partial charge in [0.1, 0.15) is 0 Å². The first kappa shape index (κ1) is 16.0. The van der Waals surface area contributed by atoms with Crippen molar-refractivity contribution in [3.8, 4) is 0 Å². The summed E-state index contributed by atoms with van der Waals surface area (Å²) in [4.78, 5) is 24.5. The van der Waals surface area contributed by atoms with Crippen molar-refractivity contribution in [1.29, 1.82) is 0 Å². The normalized spacial score (nSPS) is 17.4. The minimum absolute atomic E-state index is 0.0442. The molecule has 1 rings (SSSR count). The van der Waals surface area contributed by atoms with Gasteiger partial charge in [0.25, 0.3) is 5.91 Å². The zero-order chi connectivity index (χ0) is 14.1. The second-order valence-corrected chi connectivity index (χ2v) is 5.61. The number of nitrogens with one attached hydrogen (secondary N) is 1. The average molecular weight is 270 g/mol. The lowest BCUT2D eigenvalue weighted by atomic mass is 9.97. The SMILES string of the molecule is CN(C)C(=O)CNC(=O)C[NH2+]C1CCCCCCC1. The fourth-order valence-corrected chi connectivity index (χ4v) is 2.40. The van der Waals surface area contributed by atoms with E-state index in [0.717, 1.165) is 0 Å². The van der Waals surface area contributed by atoms with Gasteiger partial charge in [-0.3, -0.25) is 9.59 Å². The van der Waals surface area contributed by atoms with Crippen molar-refractivity contribution in [2.75, 3.05) is 27.2 Å². The van der Waals surface area contributed by atoms with Gasteiger partial charge in [-0.2, -0.15) is 0 Å². The molecular weight excluding hydrogens is 242 g/mol. The summed E-state index contributed by atoms with van der Waals surface area (Å²) < 4.78 is 0. The minimum atomic E-state index is -0.0701. The number of nitrogens with two attached hydrogens (primary N) is 1. The molecule has 19 heavy (non-hydrogen) atoms. The third kappa shape index (κ3) is 7.15. The summed E-state index contributed by atoms with van der Waals surface area (Å²) >= 11 is 0. The molecule has 0 radical (unpaired) electrons. The summed E-state index contributed by atoms with van der Waals surface area (Å²) in [6, 6.07) is 0.579. The van der Waals surface area contributed by atoms with Gasteiger partial charge in [0, 0.05) is 14.1 Å². The molecule has 1 fully saturated rings. The van der Waals surface area contributed by atoms with E-state index in [-0.39, 0.29) is 18.4 Å². The first-order valence-corrected chi connectivity index (χ1v) is 7.40. The van der Waals surface area contributed by atoms with Crippen LogP contribution in [0.2, 0.25) is 0 Å². The van der Waals surface area contributed by atoms with Gasteiger partial charge in [-0.25, -0.2) is 0 Å². The summed E-state index contributed by atoms with van der Waals surface area (Å²) in [5.74, 6) is -0.114. The molecule has 0 bridgehead atoms. The number of quaternary nitrogens is 1. The summed E-state index contributed by atoms with van der Waals surface area (Å²) in [6.45, 7) is 0.537. The van der Waals surface area contributed by atoms with Gasteiger partial charge in [-0.05, 0) is 25.7 Å². The molecule has 0 unspecified atom stereocenters. The Morgan fingerprint density at radius 1 is 1.11 bits per heavy atom. The molecule has 5 nitrogen and oxygen atoms in total. The van der Waals surface area contributed by atoms with Gasteiger partial charge in [-0.1, -0.05) is 19.3 Å². The third-order valence-electron chi connectivity index (χ3n) is 3.72. The van der Waals surface area contributed by atoms with Crippen molar-refractivity contribution < 1.29 is 14.9 Å². The number of carbonyl (C=O) groups is 2. The maximum Gasteiger partial charge on any atom is 0.275 e. The van der Waals surface area contributed by atoms with Crippen molar-refractivity contribution >= 4 is 11.8 Å². The molecule has 0 aromatic rings. The third-order valence-corrected chi connectivity index (χ3v) is 3.72. The van der Waals surface area contributed by atoms with Crippen LogP contribution in [0.15, 0.2) is 0 Å². The molecule has 0 saturated heterocycles. The van der Waals surface area contributed by atoms with Crippen molar-refractivity contribution in [2.24, 2.45) is 0 Å². The quantitative estimate of drug-likeness (QED) is 0.731. The Balaban J connectivity index is 2.16. The monoisotopic (exact) mass is 270 g/mol. The number of amides is 2. The highest BCUT2D eigenvalue weighted by molar-refractivity contribution is 5.84. The zero-order valence-electron chi connectivity index (χ0n) is 12.3. The molecule has 2 amide bonds. The van der Waals surface area contributed by atoms with Crippen LogP contribution in [0.1, 0.15) is 44.9 Å². The van der Waals surface area contributed by atoms with Gasteiger partial charge < -0.3 is 15.5 Å². The molecule has 0 aromatic heterocycles. The van der Waals surface area contributed by atoms with Gasteiger partial charge in [0.15, 0.2) is 6.54 Å². The number of nitrogens with zero attached hydrogens (tertiary/aromatic N) is 1. The Labute approximate surface area is 116 Å². The van der Waals surface area contributed by atoms with Gasteiger partial charge in [0.2, 0.25) is 5.91 Å². The molecule has 0 atom stereocenters. The maximum atomic E-state index is 11.7. The van der Waals surface area contributed by atoms with Crippen LogP contribution >= 0.6 is 0 Å². The fraction of sp³-hybridized carbons (Fsp3) is 0.857. The molecule has 1 saturated carbocycles. The van der Waals surface area contributed by atoms with Crippen molar-refractivity contribution in [3.05, 3.63) is 0 Å². The van der Waals surface area contributed by atoms with E-state index in [1.54, 1.807) is 14.1 Å². The maximum absolute atomic E-state index is 11.7. The molecule has 0 aromatic carbocycles. The van der Waals surface area contributed by atoms with Gasteiger partial charge in [-0.15, -0.1) is 0 Å². The molecule has 1 aliphatic carbocycles. The van der Waals surface area contributed by atoms with E-state index in [9.17, 15) is 9.59 Å². The second kappa shape index (κ2) is 8.91. The van der Waals surface area contributed by atoms with E-state index in [4.69, 9.17) is 0 Å². The largest absolute Gasteiger partial charge is 0.347 e. The van der Waals surface area contributed by atoms with E-state index in [2.05, 4.69) is 10.6 Å². The van der Waals surface area contributed by atoms with Crippen LogP contribution in [-0.2, 0) is 9.59 Å². The summed E-state index contributed by atoms with van der Waals surface area (Å²) in [7, 11) is 3.38. The Hall–Kier alpha value is -1.10. The van der Waals surface area contributed by atoms with E-state index in [1.807, 2.05) is 0 Å². The first-order valence-electron chi connectivity index (χ1n) is 7.40. The highest BCUT2D eigenvalue weighted by Crippen LogP contribution is 2.14. The molecule has 1 aliphatic rings. The summed E-state index contributed by atoms with van der Waals surface area (Å²) in [5, 5.41) is 4.81. The van der Waals surface area contributed by atoms with Crippen LogP contribution < -0.4 is 10.6 Å². The first-order chi connectivity index (χ1) is 9.09. The second-order valence-electron chi connectivity index (χ2n) is 5.61. The van der Waals surface area contributed by atoms with Crippen LogP contribution in [-0.4, -0.2) is 49.9 Å². The Morgan fingerprint density at radius 3 is 2.26 bits per heavy atom. The number of likely N-dealkylation sites (N-methyl/N-ethyl adjacent to an activating group) is 1. The van der Waals surface area contributed by atoms with E-state index in [0.29, 0.717) is 12.6 Å². The lowest BCUT2D eigenvalue weighted by Crippen LogP contribution is -2.92. The van der Waals surface area contributed by atoms with E-state index >= 15 is 0 Å². The van der Waals surface area contributed by atoms with Crippen molar-refractivity contribution in [1.82, 2.24) is 10.2 Å². The average Bonchev–Trinajstić information content (AvgIpc) is 2.34. The predicted octanol–water partition coefficient (Wildman–Crippen LogP) is -0.133. The van der Waals surface area contributed by atoms with Crippen LogP contribution in [0.5, 0.6) is 0 Å². The van der Waals surface area contributed by atoms with Crippen LogP contribution in [0.4, 0.5) is 0 Å². The lowest BCUT2D eigenvalue weighted by molar-refractivity contribution is -0.680. The van der Waals surface area contributed by atoms with Crippen molar-refractivity contribution in [3.63, 3.8) is 0 Å².